The predicted molar refractivity (Wildman–Crippen MR) is 131 cm³/mol. The van der Waals surface area contributed by atoms with Crippen LogP contribution in [0.15, 0.2) is 48.5 Å². The Balaban J connectivity index is 1.84. The lowest BCUT2D eigenvalue weighted by atomic mass is 9.95. The number of amides is 2. The van der Waals surface area contributed by atoms with Gasteiger partial charge in [-0.2, -0.15) is 18.4 Å². The van der Waals surface area contributed by atoms with Crippen LogP contribution >= 0.6 is 0 Å². The van der Waals surface area contributed by atoms with Crippen molar-refractivity contribution in [3.63, 3.8) is 0 Å². The average molecular weight is 519 g/mol. The van der Waals surface area contributed by atoms with Crippen molar-refractivity contribution in [1.29, 1.82) is 5.26 Å². The first-order valence-electron chi connectivity index (χ1n) is 11.9. The second-order valence-electron chi connectivity index (χ2n) is 10.2. The van der Waals surface area contributed by atoms with Crippen LogP contribution in [0.25, 0.3) is 11.1 Å². The second kappa shape index (κ2) is 10.5. The van der Waals surface area contributed by atoms with Crippen LogP contribution in [0, 0.1) is 11.3 Å². The molecule has 1 aliphatic carbocycles. The number of nitriles is 1. The molecule has 0 bridgehead atoms. The van der Waals surface area contributed by atoms with Crippen LogP contribution in [0.2, 0.25) is 0 Å². The van der Waals surface area contributed by atoms with E-state index < -0.39 is 53.6 Å². The number of rotatable bonds is 10. The highest BCUT2D eigenvalue weighted by Crippen LogP contribution is 2.37. The van der Waals surface area contributed by atoms with Crippen LogP contribution in [-0.4, -0.2) is 35.2 Å². The number of carbonyl (C=O) groups excluding carboxylic acids is 2. The highest BCUT2D eigenvalue weighted by Gasteiger charge is 2.48. The van der Waals surface area contributed by atoms with Crippen molar-refractivity contribution < 1.29 is 27.2 Å². The van der Waals surface area contributed by atoms with E-state index in [2.05, 4.69) is 10.6 Å². The van der Waals surface area contributed by atoms with Crippen LogP contribution in [-0.2, 0) is 9.59 Å². The number of benzene rings is 2. The highest BCUT2D eigenvalue weighted by molar-refractivity contribution is 5.83. The van der Waals surface area contributed by atoms with E-state index >= 15 is 0 Å². The Bertz CT molecular complexity index is 1160. The Hall–Kier alpha value is -3.45. The lowest BCUT2D eigenvalue weighted by molar-refractivity contribution is -0.161. The molecule has 1 saturated carbocycles. The second-order valence-corrected chi connectivity index (χ2v) is 10.2. The molecule has 3 atom stereocenters. The number of primary amides is 1. The summed E-state index contributed by atoms with van der Waals surface area (Å²) in [5.74, 6) is -1.79. The number of halogens is 4. The van der Waals surface area contributed by atoms with E-state index in [4.69, 9.17) is 5.73 Å². The average Bonchev–Trinajstić information content (AvgIpc) is 3.59. The van der Waals surface area contributed by atoms with Crippen LogP contribution in [0.1, 0.15) is 63.1 Å². The molecule has 3 rings (SSSR count). The van der Waals surface area contributed by atoms with Gasteiger partial charge in [-0.05, 0) is 55.9 Å². The zero-order valence-electron chi connectivity index (χ0n) is 20.8. The van der Waals surface area contributed by atoms with Gasteiger partial charge in [0.05, 0.1) is 18.0 Å². The molecular formula is C27H30F4N4O2. The monoisotopic (exact) mass is 518 g/mol. The van der Waals surface area contributed by atoms with Gasteiger partial charge in [0.2, 0.25) is 11.8 Å². The zero-order chi connectivity index (χ0) is 27.6. The van der Waals surface area contributed by atoms with Crippen molar-refractivity contribution in [2.45, 2.75) is 75.4 Å². The van der Waals surface area contributed by atoms with E-state index in [1.165, 1.54) is 38.1 Å². The molecule has 2 aromatic rings. The molecule has 10 heteroatoms. The third-order valence-corrected chi connectivity index (χ3v) is 6.44. The molecule has 1 fully saturated rings. The molecule has 37 heavy (non-hydrogen) atoms. The third-order valence-electron chi connectivity index (χ3n) is 6.44. The molecule has 2 amide bonds. The maximum Gasteiger partial charge on any atom is 0.407 e. The van der Waals surface area contributed by atoms with Crippen molar-refractivity contribution in [1.82, 2.24) is 10.6 Å². The molecule has 1 aliphatic rings. The van der Waals surface area contributed by atoms with E-state index in [-0.39, 0.29) is 5.56 Å². The summed E-state index contributed by atoms with van der Waals surface area (Å²) in [7, 11) is 0. The summed E-state index contributed by atoms with van der Waals surface area (Å²) in [5.41, 5.74) is 4.24. The highest BCUT2D eigenvalue weighted by atomic mass is 19.4. The number of nitrogens with one attached hydrogen (secondary N) is 2. The molecule has 0 saturated heterocycles. The van der Waals surface area contributed by atoms with Gasteiger partial charge in [0.15, 0.2) is 0 Å². The quantitative estimate of drug-likeness (QED) is 0.392. The molecule has 4 N–H and O–H groups in total. The van der Waals surface area contributed by atoms with Crippen LogP contribution in [0.5, 0.6) is 0 Å². The molecule has 6 nitrogen and oxygen atoms in total. The van der Waals surface area contributed by atoms with Crippen molar-refractivity contribution in [2.75, 3.05) is 0 Å². The summed E-state index contributed by atoms with van der Waals surface area (Å²) in [6, 6.07) is 10.8. The third kappa shape index (κ3) is 7.29. The fourth-order valence-electron chi connectivity index (χ4n) is 4.00. The minimum absolute atomic E-state index is 0.147. The zero-order valence-corrected chi connectivity index (χ0v) is 20.8. The van der Waals surface area contributed by atoms with Gasteiger partial charge in [-0.3, -0.25) is 14.9 Å². The summed E-state index contributed by atoms with van der Waals surface area (Å²) < 4.78 is 56.8. The first-order chi connectivity index (χ1) is 17.1. The van der Waals surface area contributed by atoms with E-state index in [0.717, 1.165) is 11.1 Å². The van der Waals surface area contributed by atoms with E-state index in [1.807, 2.05) is 6.07 Å². The van der Waals surface area contributed by atoms with E-state index in [9.17, 15) is 32.4 Å². The van der Waals surface area contributed by atoms with E-state index in [0.29, 0.717) is 18.4 Å². The van der Waals surface area contributed by atoms with Crippen molar-refractivity contribution in [3.05, 3.63) is 59.7 Å². The van der Waals surface area contributed by atoms with Crippen molar-refractivity contribution in [3.8, 4) is 17.2 Å². The van der Waals surface area contributed by atoms with Crippen molar-refractivity contribution >= 4 is 11.8 Å². The van der Waals surface area contributed by atoms with Gasteiger partial charge in [-0.25, -0.2) is 4.39 Å². The number of hydrogen-bond donors (Lipinski definition) is 3. The SMILES string of the molecule is C[C@@H](C(N)=O)c1ccc(-c2ccc([C@H](N[C@@H](CC(C)(C)F)C(=O)NC3(C#N)CC3)C(F)(F)F)cc2)cc1. The number of hydrogen-bond acceptors (Lipinski definition) is 4. The van der Waals surface area contributed by atoms with E-state index in [1.54, 1.807) is 31.2 Å². The summed E-state index contributed by atoms with van der Waals surface area (Å²) in [4.78, 5) is 24.2. The topological polar surface area (TPSA) is 108 Å². The first kappa shape index (κ1) is 28.1. The maximum atomic E-state index is 14.5. The maximum absolute atomic E-state index is 14.5. The number of carbonyl (C=O) groups is 2. The molecule has 0 spiro atoms. The summed E-state index contributed by atoms with van der Waals surface area (Å²) in [5, 5.41) is 14.0. The Morgan fingerprint density at radius 3 is 1.86 bits per heavy atom. The van der Waals surface area contributed by atoms with Gasteiger partial charge in [-0.1, -0.05) is 48.5 Å². The Labute approximate surface area is 213 Å². The van der Waals surface area contributed by atoms with Crippen LogP contribution in [0.3, 0.4) is 0 Å². The lowest BCUT2D eigenvalue weighted by Gasteiger charge is -2.30. The summed E-state index contributed by atoms with van der Waals surface area (Å²) in [6.07, 6.45) is -4.50. The summed E-state index contributed by atoms with van der Waals surface area (Å²) >= 11 is 0. The van der Waals surface area contributed by atoms with Gasteiger partial charge in [0.1, 0.15) is 17.2 Å². The summed E-state index contributed by atoms with van der Waals surface area (Å²) in [6.45, 7) is 4.04. The Morgan fingerprint density at radius 2 is 1.49 bits per heavy atom. The van der Waals surface area contributed by atoms with Gasteiger partial charge in [-0.15, -0.1) is 0 Å². The fraction of sp³-hybridized carbons (Fsp3) is 0.444. The van der Waals surface area contributed by atoms with Crippen LogP contribution < -0.4 is 16.4 Å². The molecule has 2 aromatic carbocycles. The Morgan fingerprint density at radius 1 is 1.00 bits per heavy atom. The molecule has 0 unspecified atom stereocenters. The molecule has 0 heterocycles. The fourth-order valence-corrected chi connectivity index (χ4v) is 4.00. The lowest BCUT2D eigenvalue weighted by Crippen LogP contribution is -2.53. The Kier molecular flexibility index (Phi) is 7.98. The number of nitrogens with two attached hydrogens (primary N) is 1. The smallest absolute Gasteiger partial charge is 0.369 e. The van der Waals surface area contributed by atoms with Gasteiger partial charge >= 0.3 is 6.18 Å². The number of alkyl halides is 4. The molecule has 0 aliphatic heterocycles. The predicted octanol–water partition coefficient (Wildman–Crippen LogP) is 4.81. The van der Waals surface area contributed by atoms with Gasteiger partial charge < -0.3 is 11.1 Å². The molecular weight excluding hydrogens is 488 g/mol. The van der Waals surface area contributed by atoms with Crippen LogP contribution in [0.4, 0.5) is 17.6 Å². The standard InChI is InChI=1S/C27H30F4N4O2/c1-16(23(33)36)17-4-6-18(7-5-17)19-8-10-20(11-9-19)22(27(29,30)31)34-21(14-25(2,3)28)24(37)35-26(15-32)12-13-26/h4-11,16,21-22,34H,12-14H2,1-3H3,(H2,33,36)(H,35,37)/t16-,21+,22+/m1/s1. The van der Waals surface area contributed by atoms with Crippen molar-refractivity contribution in [2.24, 2.45) is 5.73 Å². The minimum atomic E-state index is -4.78. The largest absolute Gasteiger partial charge is 0.407 e. The molecule has 198 valence electrons. The first-order valence-corrected chi connectivity index (χ1v) is 11.9. The number of nitrogens with zero attached hydrogens (tertiary/aromatic N) is 1. The molecule has 0 aromatic heterocycles. The normalized spacial score (nSPS) is 17.2. The molecule has 0 radical (unpaired) electrons. The minimum Gasteiger partial charge on any atom is -0.369 e. The van der Waals surface area contributed by atoms with Gasteiger partial charge in [0.25, 0.3) is 0 Å². The van der Waals surface area contributed by atoms with Gasteiger partial charge in [0, 0.05) is 6.42 Å².